The molecule has 0 fully saturated rings. The quantitative estimate of drug-likeness (QED) is 0.640. The van der Waals surface area contributed by atoms with Crippen LogP contribution in [0.25, 0.3) is 0 Å². The van der Waals surface area contributed by atoms with Crippen molar-refractivity contribution in [3.05, 3.63) is 0 Å². The van der Waals surface area contributed by atoms with Gasteiger partial charge in [0.15, 0.2) is 0 Å². The molecule has 0 radical (unpaired) electrons. The molecule has 4 nitrogen and oxygen atoms in total. The predicted molar refractivity (Wildman–Crippen MR) is 72.8 cm³/mol. The van der Waals surface area contributed by atoms with Gasteiger partial charge in [-0.05, 0) is 46.3 Å². The number of nitrogens with zero attached hydrogens (tertiary/aromatic N) is 1. The molecule has 0 aliphatic carbocycles. The molecule has 2 atom stereocenters. The third kappa shape index (κ3) is 8.16. The lowest BCUT2D eigenvalue weighted by molar-refractivity contribution is -0.121. The van der Waals surface area contributed by atoms with Crippen molar-refractivity contribution < 1.29 is 4.79 Å². The molecule has 0 aliphatic rings. The third-order valence-corrected chi connectivity index (χ3v) is 3.41. The predicted octanol–water partition coefficient (Wildman–Crippen LogP) is 1.21. The zero-order valence-corrected chi connectivity index (χ0v) is 11.8. The van der Waals surface area contributed by atoms with Crippen LogP contribution in [0.2, 0.25) is 0 Å². The van der Waals surface area contributed by atoms with Crippen LogP contribution in [0.4, 0.5) is 0 Å². The van der Waals surface area contributed by atoms with Crippen LogP contribution < -0.4 is 11.1 Å². The van der Waals surface area contributed by atoms with Crippen LogP contribution in [-0.4, -0.2) is 44.0 Å². The number of hydrogen-bond donors (Lipinski definition) is 2. The molecular weight excluding hydrogens is 214 g/mol. The zero-order chi connectivity index (χ0) is 13.3. The molecular formula is C13H29N3O. The van der Waals surface area contributed by atoms with E-state index < -0.39 is 0 Å². The normalized spacial score (nSPS) is 14.7. The van der Waals surface area contributed by atoms with Gasteiger partial charge < -0.3 is 16.0 Å². The molecule has 0 bridgehead atoms. The maximum absolute atomic E-state index is 11.6. The SMILES string of the molecule is CCC(CCN)CCC(=O)NCC(C)N(C)C. The van der Waals surface area contributed by atoms with Gasteiger partial charge in [-0.2, -0.15) is 0 Å². The van der Waals surface area contributed by atoms with Gasteiger partial charge in [-0.3, -0.25) is 4.79 Å². The van der Waals surface area contributed by atoms with Crippen LogP contribution >= 0.6 is 0 Å². The highest BCUT2D eigenvalue weighted by Gasteiger charge is 2.10. The number of nitrogens with two attached hydrogens (primary N) is 1. The number of rotatable bonds is 9. The monoisotopic (exact) mass is 243 g/mol. The van der Waals surface area contributed by atoms with Crippen LogP contribution in [0.1, 0.15) is 39.5 Å². The van der Waals surface area contributed by atoms with E-state index in [0.29, 0.717) is 18.4 Å². The largest absolute Gasteiger partial charge is 0.355 e. The van der Waals surface area contributed by atoms with Crippen LogP contribution in [0, 0.1) is 5.92 Å². The molecule has 2 unspecified atom stereocenters. The summed E-state index contributed by atoms with van der Waals surface area (Å²) in [6.45, 7) is 5.70. The van der Waals surface area contributed by atoms with Gasteiger partial charge in [0.25, 0.3) is 0 Å². The molecule has 102 valence electrons. The van der Waals surface area contributed by atoms with Gasteiger partial charge in [0.1, 0.15) is 0 Å². The molecule has 0 rings (SSSR count). The molecule has 1 amide bonds. The molecule has 4 heteroatoms. The minimum Gasteiger partial charge on any atom is -0.355 e. The van der Waals surface area contributed by atoms with E-state index in [4.69, 9.17) is 5.73 Å². The van der Waals surface area contributed by atoms with Gasteiger partial charge in [0.2, 0.25) is 5.91 Å². The maximum atomic E-state index is 11.6. The second-order valence-electron chi connectivity index (χ2n) is 5.01. The minimum atomic E-state index is 0.161. The number of carbonyl (C=O) groups excluding carboxylic acids is 1. The van der Waals surface area contributed by atoms with Crippen LogP contribution in [0.5, 0.6) is 0 Å². The zero-order valence-electron chi connectivity index (χ0n) is 11.8. The summed E-state index contributed by atoms with van der Waals surface area (Å²) in [6, 6.07) is 0.380. The van der Waals surface area contributed by atoms with Crippen LogP contribution in [0.15, 0.2) is 0 Å². The Morgan fingerprint density at radius 3 is 2.47 bits per heavy atom. The fourth-order valence-corrected chi connectivity index (χ4v) is 1.66. The van der Waals surface area contributed by atoms with E-state index in [9.17, 15) is 4.79 Å². The lowest BCUT2D eigenvalue weighted by Gasteiger charge is -2.20. The Morgan fingerprint density at radius 1 is 1.35 bits per heavy atom. The summed E-state index contributed by atoms with van der Waals surface area (Å²) in [5, 5.41) is 2.97. The minimum absolute atomic E-state index is 0.161. The molecule has 3 N–H and O–H groups in total. The van der Waals surface area contributed by atoms with Crippen LogP contribution in [0.3, 0.4) is 0 Å². The standard InChI is InChI=1S/C13H29N3O/c1-5-12(8-9-14)6-7-13(17)15-10-11(2)16(3)4/h11-12H,5-10,14H2,1-4H3,(H,15,17). The van der Waals surface area contributed by atoms with E-state index in [1.54, 1.807) is 0 Å². The lowest BCUT2D eigenvalue weighted by Crippen LogP contribution is -2.38. The number of hydrogen-bond acceptors (Lipinski definition) is 3. The Morgan fingerprint density at radius 2 is 2.00 bits per heavy atom. The lowest BCUT2D eigenvalue weighted by atomic mass is 9.96. The van der Waals surface area contributed by atoms with Gasteiger partial charge in [0, 0.05) is 19.0 Å². The highest BCUT2D eigenvalue weighted by molar-refractivity contribution is 5.75. The summed E-state index contributed by atoms with van der Waals surface area (Å²) in [6.07, 6.45) is 3.71. The van der Waals surface area contributed by atoms with Crippen molar-refractivity contribution in [1.82, 2.24) is 10.2 Å². The van der Waals surface area contributed by atoms with Crippen molar-refractivity contribution in [2.45, 2.75) is 45.6 Å². The summed E-state index contributed by atoms with van der Waals surface area (Å²) in [7, 11) is 4.04. The van der Waals surface area contributed by atoms with Gasteiger partial charge in [-0.1, -0.05) is 13.3 Å². The van der Waals surface area contributed by atoms with E-state index >= 15 is 0 Å². The topological polar surface area (TPSA) is 58.4 Å². The Kier molecular flexibility index (Phi) is 9.09. The molecule has 0 saturated heterocycles. The van der Waals surface area contributed by atoms with Crippen molar-refractivity contribution in [2.75, 3.05) is 27.2 Å². The first kappa shape index (κ1) is 16.4. The van der Waals surface area contributed by atoms with E-state index in [1.807, 2.05) is 14.1 Å². The second kappa shape index (κ2) is 9.42. The van der Waals surface area contributed by atoms with E-state index in [-0.39, 0.29) is 5.91 Å². The fourth-order valence-electron chi connectivity index (χ4n) is 1.66. The Bertz CT molecular complexity index is 207. The summed E-state index contributed by atoms with van der Waals surface area (Å²) < 4.78 is 0. The molecule has 0 saturated carbocycles. The first-order chi connectivity index (χ1) is 8.01. The molecule has 17 heavy (non-hydrogen) atoms. The van der Waals surface area contributed by atoms with Crippen molar-refractivity contribution in [1.29, 1.82) is 0 Å². The molecule has 0 aliphatic heterocycles. The number of likely N-dealkylation sites (N-methyl/N-ethyl adjacent to an activating group) is 1. The average Bonchev–Trinajstić information content (AvgIpc) is 2.31. The number of carbonyl (C=O) groups is 1. The van der Waals surface area contributed by atoms with Crippen molar-refractivity contribution in [3.63, 3.8) is 0 Å². The average molecular weight is 243 g/mol. The van der Waals surface area contributed by atoms with Crippen molar-refractivity contribution >= 4 is 5.91 Å². The van der Waals surface area contributed by atoms with Crippen LogP contribution in [-0.2, 0) is 4.79 Å². The Hall–Kier alpha value is -0.610. The smallest absolute Gasteiger partial charge is 0.220 e. The van der Waals surface area contributed by atoms with Crippen molar-refractivity contribution in [3.8, 4) is 0 Å². The number of amides is 1. The summed E-state index contributed by atoms with van der Waals surface area (Å²) in [5.74, 6) is 0.756. The maximum Gasteiger partial charge on any atom is 0.220 e. The summed E-state index contributed by atoms with van der Waals surface area (Å²) in [4.78, 5) is 13.7. The van der Waals surface area contributed by atoms with Gasteiger partial charge in [-0.25, -0.2) is 0 Å². The first-order valence-electron chi connectivity index (χ1n) is 6.64. The molecule has 0 spiro atoms. The van der Waals surface area contributed by atoms with E-state index in [2.05, 4.69) is 24.1 Å². The summed E-state index contributed by atoms with van der Waals surface area (Å²) in [5.41, 5.74) is 5.54. The molecule has 0 heterocycles. The number of nitrogens with one attached hydrogen (secondary N) is 1. The van der Waals surface area contributed by atoms with Gasteiger partial charge >= 0.3 is 0 Å². The Balaban J connectivity index is 3.71. The highest BCUT2D eigenvalue weighted by atomic mass is 16.1. The van der Waals surface area contributed by atoms with Gasteiger partial charge in [0.05, 0.1) is 0 Å². The van der Waals surface area contributed by atoms with Crippen molar-refractivity contribution in [2.24, 2.45) is 11.7 Å². The third-order valence-electron chi connectivity index (χ3n) is 3.41. The molecule has 0 aromatic heterocycles. The first-order valence-corrected chi connectivity index (χ1v) is 6.64. The second-order valence-corrected chi connectivity index (χ2v) is 5.01. The van der Waals surface area contributed by atoms with Gasteiger partial charge in [-0.15, -0.1) is 0 Å². The van der Waals surface area contributed by atoms with E-state index in [1.165, 1.54) is 0 Å². The summed E-state index contributed by atoms with van der Waals surface area (Å²) >= 11 is 0. The Labute approximate surface area is 106 Å². The molecule has 0 aromatic rings. The fraction of sp³-hybridized carbons (Fsp3) is 0.923. The molecule has 0 aromatic carbocycles. The van der Waals surface area contributed by atoms with E-state index in [0.717, 1.165) is 32.4 Å². The highest BCUT2D eigenvalue weighted by Crippen LogP contribution is 2.14.